The van der Waals surface area contributed by atoms with Gasteiger partial charge in [-0.2, -0.15) is 0 Å². The van der Waals surface area contributed by atoms with Crippen molar-refractivity contribution in [2.45, 2.75) is 20.0 Å². The lowest BCUT2D eigenvalue weighted by molar-refractivity contribution is -0.147. The van der Waals surface area contributed by atoms with Gasteiger partial charge >= 0.3 is 5.97 Å². The zero-order valence-electron chi connectivity index (χ0n) is 15.9. The summed E-state index contributed by atoms with van der Waals surface area (Å²) in [4.78, 5) is 24.9. The molecule has 0 spiro atoms. The minimum Gasteiger partial charge on any atom is -0.497 e. The number of halogens is 1. The number of methoxy groups -OCH3 is 2. The van der Waals surface area contributed by atoms with Crippen LogP contribution in [0.4, 0.5) is 0 Å². The molecule has 6 nitrogen and oxygen atoms in total. The Kier molecular flexibility index (Phi) is 5.61. The molecule has 1 atom stereocenters. The van der Waals surface area contributed by atoms with Crippen LogP contribution in [0.25, 0.3) is 22.3 Å². The van der Waals surface area contributed by atoms with Crippen molar-refractivity contribution in [2.24, 2.45) is 0 Å². The first-order valence-electron chi connectivity index (χ1n) is 8.51. The van der Waals surface area contributed by atoms with Gasteiger partial charge in [-0.25, -0.2) is 4.79 Å². The van der Waals surface area contributed by atoms with E-state index in [1.807, 2.05) is 6.92 Å². The fraction of sp³-hybridized carbons (Fsp3) is 0.238. The molecule has 28 heavy (non-hydrogen) atoms. The van der Waals surface area contributed by atoms with Crippen LogP contribution in [0.3, 0.4) is 0 Å². The van der Waals surface area contributed by atoms with Crippen LogP contribution in [0, 0.1) is 6.92 Å². The van der Waals surface area contributed by atoms with Crippen LogP contribution < -0.4 is 14.9 Å². The third kappa shape index (κ3) is 3.68. The highest BCUT2D eigenvalue weighted by atomic mass is 35.5. The van der Waals surface area contributed by atoms with E-state index in [4.69, 9.17) is 25.5 Å². The number of ether oxygens (including phenoxy) is 3. The Balaban J connectivity index is 2.25. The first-order chi connectivity index (χ1) is 13.3. The van der Waals surface area contributed by atoms with Gasteiger partial charge in [0.15, 0.2) is 11.9 Å². The van der Waals surface area contributed by atoms with Crippen molar-refractivity contribution in [1.82, 2.24) is 0 Å². The van der Waals surface area contributed by atoms with E-state index in [0.29, 0.717) is 21.9 Å². The maximum atomic E-state index is 13.1. The average molecular weight is 403 g/mol. The van der Waals surface area contributed by atoms with Gasteiger partial charge in [-0.15, -0.1) is 0 Å². The molecule has 0 N–H and O–H groups in total. The summed E-state index contributed by atoms with van der Waals surface area (Å²) >= 11 is 6.17. The summed E-state index contributed by atoms with van der Waals surface area (Å²) in [7, 11) is 2.81. The Labute approximate surface area is 166 Å². The van der Waals surface area contributed by atoms with Crippen molar-refractivity contribution in [3.05, 3.63) is 57.2 Å². The van der Waals surface area contributed by atoms with Crippen molar-refractivity contribution in [1.29, 1.82) is 0 Å². The van der Waals surface area contributed by atoms with Gasteiger partial charge in [0.1, 0.15) is 11.3 Å². The summed E-state index contributed by atoms with van der Waals surface area (Å²) in [5.74, 6) is 0.162. The molecule has 0 aliphatic heterocycles. The second-order valence-electron chi connectivity index (χ2n) is 6.20. The Morgan fingerprint density at radius 3 is 2.43 bits per heavy atom. The highest BCUT2D eigenvalue weighted by Gasteiger charge is 2.23. The molecule has 7 heteroatoms. The number of aryl methyl sites for hydroxylation is 1. The molecular weight excluding hydrogens is 384 g/mol. The molecule has 0 saturated heterocycles. The minimum atomic E-state index is -0.997. The van der Waals surface area contributed by atoms with Crippen molar-refractivity contribution in [3.63, 3.8) is 0 Å². The van der Waals surface area contributed by atoms with Crippen LogP contribution in [0.1, 0.15) is 12.5 Å². The molecule has 0 amide bonds. The first-order valence-corrected chi connectivity index (χ1v) is 8.89. The second kappa shape index (κ2) is 7.94. The van der Waals surface area contributed by atoms with Gasteiger partial charge in [-0.05, 0) is 55.8 Å². The van der Waals surface area contributed by atoms with E-state index in [1.54, 1.807) is 37.4 Å². The number of benzene rings is 2. The van der Waals surface area contributed by atoms with E-state index >= 15 is 0 Å². The second-order valence-corrected chi connectivity index (χ2v) is 6.61. The molecule has 0 fully saturated rings. The van der Waals surface area contributed by atoms with Crippen molar-refractivity contribution in [3.8, 4) is 22.8 Å². The molecule has 0 radical (unpaired) electrons. The SMILES string of the molecule is COC(=O)[C@@H](C)Oc1c(-c2ccc(OC)cc2)oc2cc(C)c(Cl)cc2c1=O. The van der Waals surface area contributed by atoms with Crippen LogP contribution in [-0.4, -0.2) is 26.3 Å². The molecule has 146 valence electrons. The molecule has 3 rings (SSSR count). The molecule has 1 heterocycles. The maximum absolute atomic E-state index is 13.1. The largest absolute Gasteiger partial charge is 0.497 e. The van der Waals surface area contributed by atoms with Gasteiger partial charge < -0.3 is 18.6 Å². The summed E-state index contributed by atoms with van der Waals surface area (Å²) < 4.78 is 21.5. The fourth-order valence-electron chi connectivity index (χ4n) is 2.73. The lowest BCUT2D eigenvalue weighted by Crippen LogP contribution is -2.27. The third-order valence-corrected chi connectivity index (χ3v) is 4.72. The smallest absolute Gasteiger partial charge is 0.346 e. The number of hydrogen-bond acceptors (Lipinski definition) is 6. The lowest BCUT2D eigenvalue weighted by atomic mass is 10.1. The number of rotatable bonds is 5. The topological polar surface area (TPSA) is 75.0 Å². The van der Waals surface area contributed by atoms with Gasteiger partial charge in [-0.3, -0.25) is 4.79 Å². The van der Waals surface area contributed by atoms with E-state index in [1.165, 1.54) is 20.1 Å². The number of carbonyl (C=O) groups excluding carboxylic acids is 1. The summed E-state index contributed by atoms with van der Waals surface area (Å²) in [6, 6.07) is 10.2. The fourth-order valence-corrected chi connectivity index (χ4v) is 2.89. The quantitative estimate of drug-likeness (QED) is 0.590. The zero-order valence-corrected chi connectivity index (χ0v) is 16.6. The van der Waals surface area contributed by atoms with Crippen molar-refractivity contribution in [2.75, 3.05) is 14.2 Å². The highest BCUT2D eigenvalue weighted by molar-refractivity contribution is 6.32. The molecule has 0 aliphatic carbocycles. The van der Waals surface area contributed by atoms with Gasteiger partial charge in [-0.1, -0.05) is 11.6 Å². The van der Waals surface area contributed by atoms with Gasteiger partial charge in [0.25, 0.3) is 0 Å². The number of hydrogen-bond donors (Lipinski definition) is 0. The Morgan fingerprint density at radius 2 is 1.82 bits per heavy atom. The molecular formula is C21H19ClO6. The third-order valence-electron chi connectivity index (χ3n) is 4.31. The summed E-state index contributed by atoms with van der Waals surface area (Å²) in [6.45, 7) is 3.31. The van der Waals surface area contributed by atoms with Crippen LogP contribution in [0.2, 0.25) is 5.02 Å². The number of fused-ring (bicyclic) bond motifs is 1. The van der Waals surface area contributed by atoms with E-state index in [2.05, 4.69) is 4.74 Å². The Hall–Kier alpha value is -2.99. The number of esters is 1. The lowest BCUT2D eigenvalue weighted by Gasteiger charge is -2.16. The molecule has 0 saturated carbocycles. The normalized spacial score (nSPS) is 11.9. The molecule has 2 aromatic carbocycles. The first kappa shape index (κ1) is 19.8. The van der Waals surface area contributed by atoms with E-state index in [0.717, 1.165) is 5.56 Å². The van der Waals surface area contributed by atoms with Crippen molar-refractivity contribution < 1.29 is 23.4 Å². The van der Waals surface area contributed by atoms with E-state index < -0.39 is 17.5 Å². The standard InChI is InChI=1S/C21H19ClO6/c1-11-9-17-15(10-16(11)22)18(23)20(27-12(2)21(24)26-4)19(28-17)13-5-7-14(25-3)8-6-13/h5-10,12H,1-4H3/t12-/m1/s1. The molecule has 0 unspecified atom stereocenters. The maximum Gasteiger partial charge on any atom is 0.346 e. The van der Waals surface area contributed by atoms with Gasteiger partial charge in [0, 0.05) is 10.6 Å². The molecule has 0 aliphatic rings. The van der Waals surface area contributed by atoms with Crippen LogP contribution >= 0.6 is 11.6 Å². The predicted octanol–water partition coefficient (Wildman–Crippen LogP) is 4.37. The summed E-state index contributed by atoms with van der Waals surface area (Å²) in [5.41, 5.74) is 1.31. The highest BCUT2D eigenvalue weighted by Crippen LogP contribution is 2.34. The predicted molar refractivity (Wildman–Crippen MR) is 106 cm³/mol. The molecule has 1 aromatic heterocycles. The Morgan fingerprint density at radius 1 is 1.14 bits per heavy atom. The minimum absolute atomic E-state index is 0.0875. The van der Waals surface area contributed by atoms with Gasteiger partial charge in [0.05, 0.1) is 19.6 Å². The zero-order chi connectivity index (χ0) is 20.4. The monoisotopic (exact) mass is 402 g/mol. The van der Waals surface area contributed by atoms with E-state index in [9.17, 15) is 9.59 Å². The average Bonchev–Trinajstić information content (AvgIpc) is 2.70. The Bertz CT molecular complexity index is 1080. The van der Waals surface area contributed by atoms with Crippen molar-refractivity contribution >= 4 is 28.5 Å². The van der Waals surface area contributed by atoms with Crippen LogP contribution in [0.15, 0.2) is 45.6 Å². The van der Waals surface area contributed by atoms with Crippen LogP contribution in [0.5, 0.6) is 11.5 Å². The number of carbonyl (C=O) groups is 1. The molecule has 0 bridgehead atoms. The van der Waals surface area contributed by atoms with E-state index in [-0.39, 0.29) is 16.9 Å². The molecule has 3 aromatic rings. The van der Waals surface area contributed by atoms with Crippen LogP contribution in [-0.2, 0) is 9.53 Å². The van der Waals surface area contributed by atoms with Gasteiger partial charge in [0.2, 0.25) is 11.2 Å². The summed E-state index contributed by atoms with van der Waals surface area (Å²) in [5, 5.41) is 0.698. The summed E-state index contributed by atoms with van der Waals surface area (Å²) in [6.07, 6.45) is -0.997.